The third-order valence-electron chi connectivity index (χ3n) is 4.89. The van der Waals surface area contributed by atoms with Gasteiger partial charge in [0.15, 0.2) is 5.43 Å². The van der Waals surface area contributed by atoms with E-state index >= 15 is 0 Å². The second kappa shape index (κ2) is 8.93. The molecule has 0 saturated heterocycles. The molecule has 1 aromatic carbocycles. The second-order valence-electron chi connectivity index (χ2n) is 6.99. The van der Waals surface area contributed by atoms with E-state index < -0.39 is 5.91 Å². The SMILES string of the molecule is Cc1cc(=O)c(C(=O)Nc2ccccc2Cl)c(-c2ccncc2)n1Cc1cccnc1. The number of aryl methyl sites for hydroxylation is 1. The summed E-state index contributed by atoms with van der Waals surface area (Å²) in [6.45, 7) is 2.29. The first-order chi connectivity index (χ1) is 15.0. The fourth-order valence-electron chi connectivity index (χ4n) is 3.42. The van der Waals surface area contributed by atoms with Crippen molar-refractivity contribution in [1.29, 1.82) is 0 Å². The van der Waals surface area contributed by atoms with Crippen molar-refractivity contribution in [2.45, 2.75) is 13.5 Å². The van der Waals surface area contributed by atoms with E-state index in [4.69, 9.17) is 11.6 Å². The molecule has 3 aromatic heterocycles. The number of amides is 1. The predicted molar refractivity (Wildman–Crippen MR) is 121 cm³/mol. The largest absolute Gasteiger partial charge is 0.340 e. The number of carbonyl (C=O) groups excluding carboxylic acids is 1. The summed E-state index contributed by atoms with van der Waals surface area (Å²) in [5.41, 5.74) is 3.02. The van der Waals surface area contributed by atoms with Gasteiger partial charge >= 0.3 is 0 Å². The minimum atomic E-state index is -0.523. The van der Waals surface area contributed by atoms with Crippen LogP contribution in [0.15, 0.2) is 84.2 Å². The normalized spacial score (nSPS) is 10.6. The number of hydrogen-bond donors (Lipinski definition) is 1. The molecule has 3 heterocycles. The van der Waals surface area contributed by atoms with Gasteiger partial charge in [-0.1, -0.05) is 29.8 Å². The van der Waals surface area contributed by atoms with Crippen molar-refractivity contribution in [2.24, 2.45) is 0 Å². The molecule has 4 aromatic rings. The number of aromatic nitrogens is 3. The minimum Gasteiger partial charge on any atom is -0.340 e. The molecule has 4 rings (SSSR count). The minimum absolute atomic E-state index is 0.0422. The van der Waals surface area contributed by atoms with Crippen molar-refractivity contribution in [2.75, 3.05) is 5.32 Å². The zero-order valence-electron chi connectivity index (χ0n) is 16.7. The Hall–Kier alpha value is -3.77. The van der Waals surface area contributed by atoms with Crippen LogP contribution in [-0.4, -0.2) is 20.4 Å². The number of carbonyl (C=O) groups is 1. The van der Waals surface area contributed by atoms with Gasteiger partial charge < -0.3 is 9.88 Å². The molecule has 7 heteroatoms. The monoisotopic (exact) mass is 430 g/mol. The number of anilines is 1. The van der Waals surface area contributed by atoms with Crippen molar-refractivity contribution >= 4 is 23.2 Å². The van der Waals surface area contributed by atoms with Gasteiger partial charge in [0.1, 0.15) is 5.56 Å². The van der Waals surface area contributed by atoms with Crippen LogP contribution in [0.3, 0.4) is 0 Å². The van der Waals surface area contributed by atoms with Crippen LogP contribution in [-0.2, 0) is 6.54 Å². The van der Waals surface area contributed by atoms with Crippen LogP contribution in [0.25, 0.3) is 11.3 Å². The molecule has 154 valence electrons. The molecule has 0 fully saturated rings. The lowest BCUT2D eigenvalue weighted by Crippen LogP contribution is -2.27. The Morgan fingerprint density at radius 3 is 2.52 bits per heavy atom. The summed E-state index contributed by atoms with van der Waals surface area (Å²) in [5, 5.41) is 3.17. The summed E-state index contributed by atoms with van der Waals surface area (Å²) in [4.78, 5) is 34.5. The maximum Gasteiger partial charge on any atom is 0.261 e. The van der Waals surface area contributed by atoms with Crippen molar-refractivity contribution in [1.82, 2.24) is 14.5 Å². The zero-order chi connectivity index (χ0) is 21.8. The number of halogens is 1. The first kappa shape index (κ1) is 20.5. The van der Waals surface area contributed by atoms with Gasteiger partial charge in [0, 0.05) is 48.7 Å². The van der Waals surface area contributed by atoms with Crippen molar-refractivity contribution in [3.8, 4) is 11.3 Å². The average molecular weight is 431 g/mol. The first-order valence-corrected chi connectivity index (χ1v) is 10.0. The van der Waals surface area contributed by atoms with Crippen LogP contribution >= 0.6 is 11.6 Å². The van der Waals surface area contributed by atoms with E-state index in [1.807, 2.05) is 23.6 Å². The zero-order valence-corrected chi connectivity index (χ0v) is 17.5. The number of nitrogens with zero attached hydrogens (tertiary/aromatic N) is 3. The van der Waals surface area contributed by atoms with Gasteiger partial charge in [0.2, 0.25) is 0 Å². The molecule has 1 amide bonds. The number of benzene rings is 1. The molecule has 0 spiro atoms. The number of pyridine rings is 3. The van der Waals surface area contributed by atoms with E-state index in [9.17, 15) is 9.59 Å². The number of rotatable bonds is 5. The van der Waals surface area contributed by atoms with E-state index in [0.717, 1.165) is 11.3 Å². The van der Waals surface area contributed by atoms with E-state index in [-0.39, 0.29) is 11.0 Å². The smallest absolute Gasteiger partial charge is 0.261 e. The lowest BCUT2D eigenvalue weighted by atomic mass is 10.0. The molecule has 0 aliphatic heterocycles. The summed E-state index contributed by atoms with van der Waals surface area (Å²) in [6, 6.07) is 15.7. The van der Waals surface area contributed by atoms with E-state index in [1.165, 1.54) is 6.07 Å². The summed E-state index contributed by atoms with van der Waals surface area (Å²) < 4.78 is 1.94. The summed E-state index contributed by atoms with van der Waals surface area (Å²) in [6.07, 6.45) is 6.73. The molecule has 31 heavy (non-hydrogen) atoms. The Labute approximate surface area is 184 Å². The Morgan fingerprint density at radius 2 is 1.81 bits per heavy atom. The molecular formula is C24H19ClN4O2. The Bertz CT molecular complexity index is 1290. The molecule has 0 radical (unpaired) electrons. The van der Waals surface area contributed by atoms with Gasteiger partial charge in [0.05, 0.1) is 16.4 Å². The lowest BCUT2D eigenvalue weighted by molar-refractivity contribution is 0.102. The van der Waals surface area contributed by atoms with Crippen LogP contribution in [0.2, 0.25) is 5.02 Å². The van der Waals surface area contributed by atoms with Crippen LogP contribution in [0.4, 0.5) is 5.69 Å². The summed E-state index contributed by atoms with van der Waals surface area (Å²) in [5.74, 6) is -0.523. The van der Waals surface area contributed by atoms with Crippen LogP contribution < -0.4 is 10.7 Å². The van der Waals surface area contributed by atoms with Crippen molar-refractivity contribution in [3.05, 3.63) is 111 Å². The molecule has 0 aliphatic rings. The molecule has 0 unspecified atom stereocenters. The predicted octanol–water partition coefficient (Wildman–Crippen LogP) is 4.57. The summed E-state index contributed by atoms with van der Waals surface area (Å²) in [7, 11) is 0. The highest BCUT2D eigenvalue weighted by Crippen LogP contribution is 2.26. The van der Waals surface area contributed by atoms with Gasteiger partial charge in [-0.05, 0) is 42.8 Å². The fraction of sp³-hybridized carbons (Fsp3) is 0.0833. The lowest BCUT2D eigenvalue weighted by Gasteiger charge is -2.20. The highest BCUT2D eigenvalue weighted by molar-refractivity contribution is 6.34. The molecule has 6 nitrogen and oxygen atoms in total. The third-order valence-corrected chi connectivity index (χ3v) is 5.21. The molecule has 0 saturated carbocycles. The molecule has 0 atom stereocenters. The molecule has 1 N–H and O–H groups in total. The Balaban J connectivity index is 1.90. The van der Waals surface area contributed by atoms with Gasteiger partial charge in [-0.15, -0.1) is 0 Å². The van der Waals surface area contributed by atoms with Crippen LogP contribution in [0.1, 0.15) is 21.6 Å². The molecule has 0 aliphatic carbocycles. The topological polar surface area (TPSA) is 76.9 Å². The third kappa shape index (κ3) is 4.39. The van der Waals surface area contributed by atoms with E-state index in [0.29, 0.717) is 28.5 Å². The van der Waals surface area contributed by atoms with Gasteiger partial charge in [-0.2, -0.15) is 0 Å². The quantitative estimate of drug-likeness (QED) is 0.503. The summed E-state index contributed by atoms with van der Waals surface area (Å²) >= 11 is 6.20. The van der Waals surface area contributed by atoms with Crippen molar-refractivity contribution < 1.29 is 4.79 Å². The fourth-order valence-corrected chi connectivity index (χ4v) is 3.61. The Morgan fingerprint density at radius 1 is 1.03 bits per heavy atom. The highest BCUT2D eigenvalue weighted by Gasteiger charge is 2.22. The van der Waals surface area contributed by atoms with Gasteiger partial charge in [0.25, 0.3) is 5.91 Å². The van der Waals surface area contributed by atoms with Gasteiger partial charge in [-0.3, -0.25) is 19.6 Å². The number of hydrogen-bond acceptors (Lipinski definition) is 4. The van der Waals surface area contributed by atoms with Gasteiger partial charge in [-0.25, -0.2) is 0 Å². The maximum atomic E-state index is 13.3. The molecular weight excluding hydrogens is 412 g/mol. The average Bonchev–Trinajstić information content (AvgIpc) is 2.78. The van der Waals surface area contributed by atoms with Crippen LogP contribution in [0, 0.1) is 6.92 Å². The van der Waals surface area contributed by atoms with E-state index in [2.05, 4.69) is 15.3 Å². The number of para-hydroxylation sites is 1. The standard InChI is InChI=1S/C24H19ClN4O2/c1-16-13-21(30)22(24(31)28-20-7-3-2-6-19(20)25)23(18-8-11-26-12-9-18)29(16)15-17-5-4-10-27-14-17/h2-14H,15H2,1H3,(H,28,31). The second-order valence-corrected chi connectivity index (χ2v) is 7.40. The van der Waals surface area contributed by atoms with Crippen LogP contribution in [0.5, 0.6) is 0 Å². The first-order valence-electron chi connectivity index (χ1n) is 9.64. The molecule has 0 bridgehead atoms. The maximum absolute atomic E-state index is 13.3. The highest BCUT2D eigenvalue weighted by atomic mass is 35.5. The van der Waals surface area contributed by atoms with E-state index in [1.54, 1.807) is 61.2 Å². The number of nitrogens with one attached hydrogen (secondary N) is 1. The van der Waals surface area contributed by atoms with Crippen molar-refractivity contribution in [3.63, 3.8) is 0 Å². The Kier molecular flexibility index (Phi) is 5.91.